The zero-order valence-corrected chi connectivity index (χ0v) is 12.3. The number of amides is 1. The molecule has 0 aliphatic carbocycles. The molecule has 0 aromatic heterocycles. The van der Waals surface area contributed by atoms with Crippen LogP contribution in [-0.2, 0) is 9.53 Å². The van der Waals surface area contributed by atoms with Crippen molar-refractivity contribution in [2.24, 2.45) is 5.92 Å². The second kappa shape index (κ2) is 6.35. The number of nitrogens with zero attached hydrogens (tertiary/aromatic N) is 2. The molecule has 0 bridgehead atoms. The van der Waals surface area contributed by atoms with Gasteiger partial charge in [0.25, 0.3) is 0 Å². The van der Waals surface area contributed by atoms with Crippen molar-refractivity contribution in [3.8, 4) is 0 Å². The first-order chi connectivity index (χ1) is 10.2. The number of piperazine rings is 1. The van der Waals surface area contributed by atoms with Gasteiger partial charge in [0.2, 0.25) is 5.91 Å². The van der Waals surface area contributed by atoms with Crippen LogP contribution in [0.4, 0.5) is 11.4 Å². The quantitative estimate of drug-likeness (QED) is 0.835. The second-order valence-corrected chi connectivity index (χ2v) is 5.82. The molecule has 0 spiro atoms. The number of nitrogens with two attached hydrogens (primary N) is 1. The Morgan fingerprint density at radius 1 is 1.14 bits per heavy atom. The highest BCUT2D eigenvalue weighted by Crippen LogP contribution is 2.21. The summed E-state index contributed by atoms with van der Waals surface area (Å²) in [5, 5.41) is 0. The molecule has 1 atom stereocenters. The van der Waals surface area contributed by atoms with Gasteiger partial charge in [0.05, 0.1) is 12.5 Å². The number of carbonyl (C=O) groups is 1. The predicted octanol–water partition coefficient (Wildman–Crippen LogP) is 1.34. The fourth-order valence-corrected chi connectivity index (χ4v) is 3.06. The van der Waals surface area contributed by atoms with Crippen molar-refractivity contribution in [1.29, 1.82) is 0 Å². The first kappa shape index (κ1) is 14.2. The third kappa shape index (κ3) is 3.29. The number of anilines is 2. The van der Waals surface area contributed by atoms with Gasteiger partial charge in [-0.2, -0.15) is 0 Å². The molecule has 0 saturated carbocycles. The van der Waals surface area contributed by atoms with E-state index in [2.05, 4.69) is 4.90 Å². The number of carbonyl (C=O) groups excluding carboxylic acids is 1. The van der Waals surface area contributed by atoms with Crippen LogP contribution in [0.2, 0.25) is 0 Å². The predicted molar refractivity (Wildman–Crippen MR) is 83.2 cm³/mol. The molecule has 5 heteroatoms. The summed E-state index contributed by atoms with van der Waals surface area (Å²) in [5.74, 6) is 0.341. The molecule has 5 nitrogen and oxygen atoms in total. The molecule has 2 heterocycles. The van der Waals surface area contributed by atoms with E-state index in [0.717, 1.165) is 51.3 Å². The van der Waals surface area contributed by atoms with Crippen molar-refractivity contribution >= 4 is 17.3 Å². The maximum absolute atomic E-state index is 12.5. The van der Waals surface area contributed by atoms with Crippen molar-refractivity contribution in [2.75, 3.05) is 50.0 Å². The highest BCUT2D eigenvalue weighted by molar-refractivity contribution is 5.79. The summed E-state index contributed by atoms with van der Waals surface area (Å²) in [6.07, 6.45) is 1.97. The van der Waals surface area contributed by atoms with Crippen LogP contribution in [0.1, 0.15) is 12.8 Å². The van der Waals surface area contributed by atoms with E-state index >= 15 is 0 Å². The number of benzene rings is 1. The van der Waals surface area contributed by atoms with Crippen molar-refractivity contribution < 1.29 is 9.53 Å². The third-order valence-electron chi connectivity index (χ3n) is 4.36. The summed E-state index contributed by atoms with van der Waals surface area (Å²) in [7, 11) is 0. The number of rotatable bonds is 2. The molecule has 1 unspecified atom stereocenters. The lowest BCUT2D eigenvalue weighted by Crippen LogP contribution is -2.51. The van der Waals surface area contributed by atoms with Gasteiger partial charge in [0.1, 0.15) is 0 Å². The van der Waals surface area contributed by atoms with Crippen LogP contribution < -0.4 is 10.6 Å². The molecule has 114 valence electrons. The third-order valence-corrected chi connectivity index (χ3v) is 4.36. The largest absolute Gasteiger partial charge is 0.399 e. The average Bonchev–Trinajstić information content (AvgIpc) is 2.56. The number of hydrogen-bond donors (Lipinski definition) is 1. The van der Waals surface area contributed by atoms with Crippen LogP contribution in [0, 0.1) is 5.92 Å². The Morgan fingerprint density at radius 3 is 2.48 bits per heavy atom. The van der Waals surface area contributed by atoms with E-state index in [1.54, 1.807) is 0 Å². The Kier molecular flexibility index (Phi) is 4.29. The van der Waals surface area contributed by atoms with Crippen LogP contribution in [-0.4, -0.2) is 50.2 Å². The van der Waals surface area contributed by atoms with Crippen LogP contribution >= 0.6 is 0 Å². The van der Waals surface area contributed by atoms with E-state index in [1.165, 1.54) is 5.69 Å². The van der Waals surface area contributed by atoms with Crippen LogP contribution in [0.25, 0.3) is 0 Å². The van der Waals surface area contributed by atoms with Crippen molar-refractivity contribution in [3.63, 3.8) is 0 Å². The first-order valence-corrected chi connectivity index (χ1v) is 7.71. The topological polar surface area (TPSA) is 58.8 Å². The zero-order chi connectivity index (χ0) is 14.7. The van der Waals surface area contributed by atoms with E-state index in [1.807, 2.05) is 29.2 Å². The highest BCUT2D eigenvalue weighted by Gasteiger charge is 2.28. The molecule has 1 aromatic carbocycles. The van der Waals surface area contributed by atoms with Crippen LogP contribution in [0.3, 0.4) is 0 Å². The minimum absolute atomic E-state index is 0.0711. The van der Waals surface area contributed by atoms with Crippen molar-refractivity contribution in [3.05, 3.63) is 24.3 Å². The van der Waals surface area contributed by atoms with Gasteiger partial charge in [0.15, 0.2) is 0 Å². The summed E-state index contributed by atoms with van der Waals surface area (Å²) < 4.78 is 5.43. The number of hydrogen-bond acceptors (Lipinski definition) is 4. The van der Waals surface area contributed by atoms with E-state index in [4.69, 9.17) is 10.5 Å². The van der Waals surface area contributed by atoms with Gasteiger partial charge in [-0.25, -0.2) is 0 Å². The minimum atomic E-state index is 0.0711. The average molecular weight is 289 g/mol. The molecule has 1 aromatic rings. The fraction of sp³-hybridized carbons (Fsp3) is 0.562. The molecular formula is C16H23N3O2. The van der Waals surface area contributed by atoms with Gasteiger partial charge in [-0.1, -0.05) is 0 Å². The van der Waals surface area contributed by atoms with Gasteiger partial charge in [-0.05, 0) is 37.1 Å². The van der Waals surface area contributed by atoms with Gasteiger partial charge < -0.3 is 20.3 Å². The molecule has 2 aliphatic heterocycles. The van der Waals surface area contributed by atoms with E-state index in [-0.39, 0.29) is 11.8 Å². The van der Waals surface area contributed by atoms with Gasteiger partial charge in [-0.15, -0.1) is 0 Å². The lowest BCUT2D eigenvalue weighted by Gasteiger charge is -2.38. The Hall–Kier alpha value is -1.75. The van der Waals surface area contributed by atoms with E-state index in [0.29, 0.717) is 6.61 Å². The van der Waals surface area contributed by atoms with Gasteiger partial charge in [-0.3, -0.25) is 4.79 Å². The van der Waals surface area contributed by atoms with Crippen molar-refractivity contribution in [2.45, 2.75) is 12.8 Å². The maximum atomic E-state index is 12.5. The summed E-state index contributed by atoms with van der Waals surface area (Å²) >= 11 is 0. The standard InChI is InChI=1S/C16H23N3O2/c17-14-3-5-15(6-4-14)18-7-9-19(10-8-18)16(20)13-2-1-11-21-12-13/h3-6,13H,1-2,7-12,17H2. The SMILES string of the molecule is Nc1ccc(N2CCN(C(=O)C3CCCOC3)CC2)cc1. The number of nitrogen functional groups attached to an aromatic ring is 1. The Balaban J connectivity index is 1.54. The molecule has 2 aliphatic rings. The smallest absolute Gasteiger partial charge is 0.228 e. The molecule has 0 radical (unpaired) electrons. The monoisotopic (exact) mass is 289 g/mol. The number of ether oxygens (including phenoxy) is 1. The Labute approximate surface area is 125 Å². The lowest BCUT2D eigenvalue weighted by molar-refractivity contribution is -0.140. The Morgan fingerprint density at radius 2 is 1.86 bits per heavy atom. The van der Waals surface area contributed by atoms with E-state index < -0.39 is 0 Å². The molecule has 3 rings (SSSR count). The highest BCUT2D eigenvalue weighted by atomic mass is 16.5. The van der Waals surface area contributed by atoms with Gasteiger partial charge in [0, 0.05) is 44.2 Å². The summed E-state index contributed by atoms with van der Waals surface area (Å²) in [5.41, 5.74) is 7.68. The lowest BCUT2D eigenvalue weighted by atomic mass is 10.0. The molecule has 1 amide bonds. The fourth-order valence-electron chi connectivity index (χ4n) is 3.06. The summed E-state index contributed by atoms with van der Waals surface area (Å²) in [6.45, 7) is 4.73. The van der Waals surface area contributed by atoms with Crippen molar-refractivity contribution in [1.82, 2.24) is 4.90 Å². The van der Waals surface area contributed by atoms with Crippen LogP contribution in [0.15, 0.2) is 24.3 Å². The summed E-state index contributed by atoms with van der Waals surface area (Å²) in [4.78, 5) is 16.8. The Bertz CT molecular complexity index is 475. The van der Waals surface area contributed by atoms with Gasteiger partial charge >= 0.3 is 0 Å². The molecule has 2 fully saturated rings. The normalized spacial score (nSPS) is 23.1. The molecular weight excluding hydrogens is 266 g/mol. The molecule has 2 saturated heterocycles. The van der Waals surface area contributed by atoms with E-state index in [9.17, 15) is 4.79 Å². The minimum Gasteiger partial charge on any atom is -0.399 e. The first-order valence-electron chi connectivity index (χ1n) is 7.71. The van der Waals surface area contributed by atoms with Crippen LogP contribution in [0.5, 0.6) is 0 Å². The molecule has 2 N–H and O–H groups in total. The maximum Gasteiger partial charge on any atom is 0.228 e. The summed E-state index contributed by atoms with van der Waals surface area (Å²) in [6, 6.07) is 7.93. The zero-order valence-electron chi connectivity index (χ0n) is 12.3. The molecule has 21 heavy (non-hydrogen) atoms. The second-order valence-electron chi connectivity index (χ2n) is 5.82.